The highest BCUT2D eigenvalue weighted by Crippen LogP contribution is 2.24. The first-order valence-corrected chi connectivity index (χ1v) is 8.79. The van der Waals surface area contributed by atoms with Crippen molar-refractivity contribution in [2.45, 2.75) is 12.1 Å². The summed E-state index contributed by atoms with van der Waals surface area (Å²) in [6.07, 6.45) is 0. The number of carbonyl (C=O) groups is 1. The predicted octanol–water partition coefficient (Wildman–Crippen LogP) is 4.42. The van der Waals surface area contributed by atoms with Crippen molar-refractivity contribution < 1.29 is 4.79 Å². The second-order valence-electron chi connectivity index (χ2n) is 5.42. The third-order valence-electron chi connectivity index (χ3n) is 3.65. The van der Waals surface area contributed by atoms with Crippen molar-refractivity contribution in [3.05, 3.63) is 64.7 Å². The van der Waals surface area contributed by atoms with Crippen molar-refractivity contribution in [2.24, 2.45) is 7.05 Å². The summed E-state index contributed by atoms with van der Waals surface area (Å²) in [5, 5.41) is 9.61. The van der Waals surface area contributed by atoms with Crippen LogP contribution in [0.15, 0.2) is 53.7 Å². The fourth-order valence-electron chi connectivity index (χ4n) is 2.29. The molecule has 0 amide bonds. The van der Waals surface area contributed by atoms with E-state index in [9.17, 15) is 4.79 Å². The molecule has 0 aliphatic rings. The monoisotopic (exact) mass is 357 g/mol. The van der Waals surface area contributed by atoms with Gasteiger partial charge in [0.2, 0.25) is 0 Å². The Bertz CT molecular complexity index is 874. The van der Waals surface area contributed by atoms with Gasteiger partial charge in [-0.25, -0.2) is 0 Å². The Morgan fingerprint density at radius 2 is 1.83 bits per heavy atom. The van der Waals surface area contributed by atoms with E-state index in [1.54, 1.807) is 12.1 Å². The van der Waals surface area contributed by atoms with E-state index in [1.165, 1.54) is 17.3 Å². The van der Waals surface area contributed by atoms with Crippen LogP contribution in [0.5, 0.6) is 0 Å². The third kappa shape index (κ3) is 3.52. The number of aromatic nitrogens is 3. The van der Waals surface area contributed by atoms with Crippen LogP contribution in [0.3, 0.4) is 0 Å². The lowest BCUT2D eigenvalue weighted by atomic mass is 10.1. The van der Waals surface area contributed by atoms with Gasteiger partial charge in [-0.2, -0.15) is 0 Å². The molecule has 0 atom stereocenters. The van der Waals surface area contributed by atoms with Gasteiger partial charge in [-0.3, -0.25) is 4.79 Å². The second-order valence-corrected chi connectivity index (χ2v) is 6.77. The lowest BCUT2D eigenvalue weighted by Crippen LogP contribution is -2.04. The molecule has 0 aliphatic heterocycles. The molecule has 4 nitrogen and oxygen atoms in total. The number of thioether (sulfide) groups is 1. The van der Waals surface area contributed by atoms with E-state index in [4.69, 9.17) is 11.6 Å². The number of rotatable bonds is 5. The van der Waals surface area contributed by atoms with Crippen molar-refractivity contribution in [2.75, 3.05) is 5.75 Å². The van der Waals surface area contributed by atoms with Gasteiger partial charge in [0.15, 0.2) is 16.8 Å². The molecule has 0 saturated carbocycles. The Kier molecular flexibility index (Phi) is 5.02. The number of hydrogen-bond acceptors (Lipinski definition) is 4. The number of aryl methyl sites for hydroxylation is 1. The fourth-order valence-corrected chi connectivity index (χ4v) is 3.33. The summed E-state index contributed by atoms with van der Waals surface area (Å²) >= 11 is 7.42. The van der Waals surface area contributed by atoms with Gasteiger partial charge in [-0.05, 0) is 19.1 Å². The summed E-state index contributed by atoms with van der Waals surface area (Å²) < 4.78 is 1.90. The zero-order chi connectivity index (χ0) is 17.1. The van der Waals surface area contributed by atoms with Crippen molar-refractivity contribution in [1.29, 1.82) is 0 Å². The predicted molar refractivity (Wildman–Crippen MR) is 97.7 cm³/mol. The van der Waals surface area contributed by atoms with Crippen molar-refractivity contribution in [3.63, 3.8) is 0 Å². The molecule has 0 fully saturated rings. The van der Waals surface area contributed by atoms with Crippen molar-refractivity contribution in [1.82, 2.24) is 14.8 Å². The van der Waals surface area contributed by atoms with Crippen LogP contribution in [0.4, 0.5) is 0 Å². The average Bonchev–Trinajstić information content (AvgIpc) is 2.95. The summed E-state index contributed by atoms with van der Waals surface area (Å²) in [4.78, 5) is 12.3. The van der Waals surface area contributed by atoms with Gasteiger partial charge in [0.1, 0.15) is 0 Å². The van der Waals surface area contributed by atoms with Crippen LogP contribution in [0.2, 0.25) is 5.02 Å². The third-order valence-corrected chi connectivity index (χ3v) is 5.00. The highest BCUT2D eigenvalue weighted by atomic mass is 35.5. The van der Waals surface area contributed by atoms with Crippen LogP contribution in [0, 0.1) is 6.92 Å². The van der Waals surface area contributed by atoms with Crippen LogP contribution in [-0.4, -0.2) is 26.3 Å². The number of carbonyl (C=O) groups excluding carboxylic acids is 1. The Hall–Kier alpha value is -2.11. The number of Topliss-reactive ketones (excluding diaryl/α,β-unsaturated/α-hetero) is 1. The molecular formula is C18H16ClN3OS. The molecule has 0 aliphatic carbocycles. The molecule has 24 heavy (non-hydrogen) atoms. The average molecular weight is 358 g/mol. The van der Waals surface area contributed by atoms with E-state index in [-0.39, 0.29) is 11.5 Å². The van der Waals surface area contributed by atoms with E-state index in [0.29, 0.717) is 15.7 Å². The van der Waals surface area contributed by atoms with Gasteiger partial charge in [-0.1, -0.05) is 65.3 Å². The molecule has 3 aromatic rings. The van der Waals surface area contributed by atoms with Gasteiger partial charge in [-0.15, -0.1) is 10.2 Å². The van der Waals surface area contributed by atoms with Gasteiger partial charge in [0, 0.05) is 18.2 Å². The molecule has 0 N–H and O–H groups in total. The molecule has 3 rings (SSSR count). The molecule has 122 valence electrons. The Balaban J connectivity index is 1.74. The topological polar surface area (TPSA) is 47.8 Å². The quantitative estimate of drug-likeness (QED) is 0.501. The standard InChI is InChI=1S/C18H16ClN3OS/c1-12-7-9-13(10-8-12)17-20-21-18(22(17)2)24-11-16(23)14-5-3-4-6-15(14)19/h3-10H,11H2,1-2H3. The highest BCUT2D eigenvalue weighted by Gasteiger charge is 2.15. The van der Waals surface area contributed by atoms with E-state index in [0.717, 1.165) is 11.4 Å². The maximum absolute atomic E-state index is 12.3. The second kappa shape index (κ2) is 7.20. The summed E-state index contributed by atoms with van der Waals surface area (Å²) in [5.74, 6) is 1.03. The first-order chi connectivity index (χ1) is 11.6. The van der Waals surface area contributed by atoms with Crippen LogP contribution in [0.25, 0.3) is 11.4 Å². The molecule has 0 spiro atoms. The summed E-state index contributed by atoms with van der Waals surface area (Å²) in [7, 11) is 1.90. The summed E-state index contributed by atoms with van der Waals surface area (Å²) in [6.45, 7) is 2.04. The van der Waals surface area contributed by atoms with Crippen molar-refractivity contribution in [3.8, 4) is 11.4 Å². The van der Waals surface area contributed by atoms with Gasteiger partial charge < -0.3 is 4.57 Å². The lowest BCUT2D eigenvalue weighted by molar-refractivity contribution is 0.102. The Morgan fingerprint density at radius 3 is 2.54 bits per heavy atom. The van der Waals surface area contributed by atoms with E-state index < -0.39 is 0 Å². The smallest absolute Gasteiger partial charge is 0.191 e. The zero-order valence-electron chi connectivity index (χ0n) is 13.4. The van der Waals surface area contributed by atoms with E-state index in [1.807, 2.05) is 54.9 Å². The fraction of sp³-hybridized carbons (Fsp3) is 0.167. The SMILES string of the molecule is Cc1ccc(-c2nnc(SCC(=O)c3ccccc3Cl)n2C)cc1. The molecule has 1 aromatic heterocycles. The number of benzene rings is 2. The van der Waals surface area contributed by atoms with E-state index in [2.05, 4.69) is 10.2 Å². The zero-order valence-corrected chi connectivity index (χ0v) is 14.9. The Labute approximate surface area is 149 Å². The molecule has 0 radical (unpaired) electrons. The highest BCUT2D eigenvalue weighted by molar-refractivity contribution is 7.99. The van der Waals surface area contributed by atoms with Gasteiger partial charge in [0.25, 0.3) is 0 Å². The summed E-state index contributed by atoms with van der Waals surface area (Å²) in [6, 6.07) is 15.2. The minimum absolute atomic E-state index is 0.0227. The molecule has 2 aromatic carbocycles. The lowest BCUT2D eigenvalue weighted by Gasteiger charge is -2.05. The van der Waals surface area contributed by atoms with Crippen LogP contribution >= 0.6 is 23.4 Å². The first kappa shape index (κ1) is 16.7. The van der Waals surface area contributed by atoms with Gasteiger partial charge in [0.05, 0.1) is 10.8 Å². The number of hydrogen-bond donors (Lipinski definition) is 0. The van der Waals surface area contributed by atoms with Crippen LogP contribution in [-0.2, 0) is 7.05 Å². The Morgan fingerprint density at radius 1 is 1.12 bits per heavy atom. The number of ketones is 1. The molecule has 6 heteroatoms. The minimum atomic E-state index is -0.0227. The van der Waals surface area contributed by atoms with E-state index >= 15 is 0 Å². The van der Waals surface area contributed by atoms with Crippen LogP contribution < -0.4 is 0 Å². The largest absolute Gasteiger partial charge is 0.305 e. The minimum Gasteiger partial charge on any atom is -0.305 e. The molecular weight excluding hydrogens is 342 g/mol. The molecule has 0 saturated heterocycles. The molecule has 0 bridgehead atoms. The first-order valence-electron chi connectivity index (χ1n) is 7.43. The number of halogens is 1. The van der Waals surface area contributed by atoms with Crippen molar-refractivity contribution >= 4 is 29.1 Å². The maximum atomic E-state index is 12.3. The molecule has 0 unspecified atom stereocenters. The normalized spacial score (nSPS) is 10.8. The summed E-state index contributed by atoms with van der Waals surface area (Å²) in [5.41, 5.74) is 2.73. The van der Waals surface area contributed by atoms with Crippen LogP contribution in [0.1, 0.15) is 15.9 Å². The number of nitrogens with zero attached hydrogens (tertiary/aromatic N) is 3. The molecule has 1 heterocycles. The van der Waals surface area contributed by atoms with Gasteiger partial charge >= 0.3 is 0 Å². The maximum Gasteiger partial charge on any atom is 0.191 e.